The van der Waals surface area contributed by atoms with E-state index in [9.17, 15) is 18.0 Å². The molecule has 0 radical (unpaired) electrons. The Morgan fingerprint density at radius 3 is 2.10 bits per heavy atom. The SMILES string of the molecule is CC[C@H](C)NC(=O)[C@@H](C)N(CCc1ccccc1)C(=O)CN(c1ccc(C)cc1C)S(=O)(=O)c1ccc(C)cc1. The molecule has 3 rings (SSSR count). The molecule has 0 fully saturated rings. The average Bonchev–Trinajstić information content (AvgIpc) is 2.92. The monoisotopic (exact) mass is 563 g/mol. The quantitative estimate of drug-likeness (QED) is 0.329. The number of benzene rings is 3. The highest BCUT2D eigenvalue weighted by atomic mass is 32.2. The van der Waals surface area contributed by atoms with E-state index in [2.05, 4.69) is 5.32 Å². The molecule has 3 aromatic carbocycles. The first-order valence-corrected chi connectivity index (χ1v) is 15.2. The van der Waals surface area contributed by atoms with Crippen LogP contribution in [0.2, 0.25) is 0 Å². The predicted octanol–water partition coefficient (Wildman–Crippen LogP) is 5.18. The van der Waals surface area contributed by atoms with Crippen LogP contribution in [-0.2, 0) is 26.0 Å². The standard InChI is InChI=1S/C32H41N3O4S/c1-7-26(5)33-32(37)27(6)34(20-19-28-11-9-8-10-12-28)31(36)22-35(30-18-15-24(3)21-25(30)4)40(38,39)29-16-13-23(2)14-17-29/h8-18,21,26-27H,7,19-20,22H2,1-6H3,(H,33,37)/t26-,27+/m0/s1. The molecular formula is C32H41N3O4S. The first kappa shape index (κ1) is 30.9. The lowest BCUT2D eigenvalue weighted by atomic mass is 10.1. The molecule has 0 saturated carbocycles. The van der Waals surface area contributed by atoms with Crippen molar-refractivity contribution in [2.75, 3.05) is 17.4 Å². The van der Waals surface area contributed by atoms with Gasteiger partial charge >= 0.3 is 0 Å². The van der Waals surface area contributed by atoms with Crippen molar-refractivity contribution in [3.8, 4) is 0 Å². The van der Waals surface area contributed by atoms with E-state index >= 15 is 0 Å². The number of aryl methyl sites for hydroxylation is 3. The zero-order chi connectivity index (χ0) is 29.4. The van der Waals surface area contributed by atoms with Crippen molar-refractivity contribution in [1.82, 2.24) is 10.2 Å². The van der Waals surface area contributed by atoms with Crippen LogP contribution in [0.4, 0.5) is 5.69 Å². The van der Waals surface area contributed by atoms with Crippen LogP contribution in [0.3, 0.4) is 0 Å². The highest BCUT2D eigenvalue weighted by Gasteiger charge is 2.33. The molecule has 0 aromatic heterocycles. The number of hydrogen-bond donors (Lipinski definition) is 1. The van der Waals surface area contributed by atoms with Crippen molar-refractivity contribution in [3.63, 3.8) is 0 Å². The van der Waals surface area contributed by atoms with E-state index in [0.29, 0.717) is 12.1 Å². The molecule has 0 heterocycles. The van der Waals surface area contributed by atoms with Gasteiger partial charge in [-0.05, 0) is 76.8 Å². The summed E-state index contributed by atoms with van der Waals surface area (Å²) in [4.78, 5) is 28.7. The van der Waals surface area contributed by atoms with Crippen LogP contribution in [0.25, 0.3) is 0 Å². The molecule has 1 N–H and O–H groups in total. The van der Waals surface area contributed by atoms with Crippen molar-refractivity contribution in [3.05, 3.63) is 95.1 Å². The lowest BCUT2D eigenvalue weighted by Gasteiger charge is -2.33. The molecule has 8 heteroatoms. The van der Waals surface area contributed by atoms with Gasteiger partial charge in [-0.25, -0.2) is 8.42 Å². The first-order valence-electron chi connectivity index (χ1n) is 13.7. The fraction of sp³-hybridized carbons (Fsp3) is 0.375. The van der Waals surface area contributed by atoms with Gasteiger partial charge in [-0.1, -0.05) is 72.6 Å². The van der Waals surface area contributed by atoms with Crippen LogP contribution in [0, 0.1) is 20.8 Å². The minimum Gasteiger partial charge on any atom is -0.352 e. The number of amides is 2. The molecule has 3 aromatic rings. The Kier molecular flexibility index (Phi) is 10.5. The fourth-order valence-corrected chi connectivity index (χ4v) is 5.95. The topological polar surface area (TPSA) is 86.8 Å². The fourth-order valence-electron chi connectivity index (χ4n) is 4.47. The van der Waals surface area contributed by atoms with Crippen LogP contribution >= 0.6 is 0 Å². The van der Waals surface area contributed by atoms with Crippen molar-refractivity contribution in [2.24, 2.45) is 0 Å². The zero-order valence-corrected chi connectivity index (χ0v) is 25.2. The summed E-state index contributed by atoms with van der Waals surface area (Å²) >= 11 is 0. The Labute approximate surface area is 239 Å². The number of hydrogen-bond acceptors (Lipinski definition) is 4. The molecule has 0 aliphatic heterocycles. The molecule has 0 aliphatic rings. The molecule has 0 saturated heterocycles. The average molecular weight is 564 g/mol. The lowest BCUT2D eigenvalue weighted by molar-refractivity contribution is -0.139. The van der Waals surface area contributed by atoms with Gasteiger partial charge in [0, 0.05) is 12.6 Å². The Morgan fingerprint density at radius 1 is 0.875 bits per heavy atom. The summed E-state index contributed by atoms with van der Waals surface area (Å²) in [5.41, 5.74) is 4.11. The predicted molar refractivity (Wildman–Crippen MR) is 161 cm³/mol. The summed E-state index contributed by atoms with van der Waals surface area (Å²) < 4.78 is 29.1. The maximum Gasteiger partial charge on any atom is 0.264 e. The Hall–Kier alpha value is -3.65. The number of carbonyl (C=O) groups is 2. The minimum atomic E-state index is -4.09. The Balaban J connectivity index is 2.01. The van der Waals surface area contributed by atoms with Crippen molar-refractivity contribution >= 4 is 27.5 Å². The highest BCUT2D eigenvalue weighted by Crippen LogP contribution is 2.28. The van der Waals surface area contributed by atoms with Gasteiger partial charge in [0.1, 0.15) is 12.6 Å². The van der Waals surface area contributed by atoms with Crippen molar-refractivity contribution < 1.29 is 18.0 Å². The first-order chi connectivity index (χ1) is 18.9. The van der Waals surface area contributed by atoms with E-state index in [-0.39, 0.29) is 23.4 Å². The van der Waals surface area contributed by atoms with Crippen LogP contribution in [0.15, 0.2) is 77.7 Å². The molecule has 0 unspecified atom stereocenters. The largest absolute Gasteiger partial charge is 0.352 e. The Bertz CT molecular complexity index is 1410. The second-order valence-electron chi connectivity index (χ2n) is 10.4. The normalized spacial score (nSPS) is 12.8. The Morgan fingerprint density at radius 2 is 1.50 bits per heavy atom. The minimum absolute atomic E-state index is 0.0466. The van der Waals surface area contributed by atoms with Gasteiger partial charge in [-0.15, -0.1) is 0 Å². The number of nitrogens with zero attached hydrogens (tertiary/aromatic N) is 2. The lowest BCUT2D eigenvalue weighted by Crippen LogP contribution is -2.53. The zero-order valence-electron chi connectivity index (χ0n) is 24.3. The van der Waals surface area contributed by atoms with Gasteiger partial charge in [-0.3, -0.25) is 13.9 Å². The van der Waals surface area contributed by atoms with E-state index in [4.69, 9.17) is 0 Å². The summed E-state index contributed by atoms with van der Waals surface area (Å²) in [7, 11) is -4.09. The number of carbonyl (C=O) groups excluding carboxylic acids is 2. The third kappa shape index (κ3) is 7.72. The van der Waals surface area contributed by atoms with E-state index in [1.54, 1.807) is 37.3 Å². The molecular weight excluding hydrogens is 522 g/mol. The highest BCUT2D eigenvalue weighted by molar-refractivity contribution is 7.92. The smallest absolute Gasteiger partial charge is 0.264 e. The summed E-state index contributed by atoms with van der Waals surface area (Å²) in [5.74, 6) is -0.714. The van der Waals surface area contributed by atoms with E-state index in [0.717, 1.165) is 28.7 Å². The third-order valence-corrected chi connectivity index (χ3v) is 8.94. The van der Waals surface area contributed by atoms with Gasteiger partial charge in [0.2, 0.25) is 11.8 Å². The van der Waals surface area contributed by atoms with Gasteiger partial charge in [0.05, 0.1) is 10.6 Å². The molecule has 40 heavy (non-hydrogen) atoms. The number of sulfonamides is 1. The van der Waals surface area contributed by atoms with Gasteiger partial charge in [0.15, 0.2) is 0 Å². The second kappa shape index (κ2) is 13.6. The van der Waals surface area contributed by atoms with Crippen LogP contribution in [0.1, 0.15) is 49.4 Å². The van der Waals surface area contributed by atoms with Crippen molar-refractivity contribution in [1.29, 1.82) is 0 Å². The molecule has 0 aliphatic carbocycles. The molecule has 7 nitrogen and oxygen atoms in total. The molecule has 0 bridgehead atoms. The van der Waals surface area contributed by atoms with Crippen LogP contribution < -0.4 is 9.62 Å². The maximum absolute atomic E-state index is 14.0. The summed E-state index contributed by atoms with van der Waals surface area (Å²) in [6.07, 6.45) is 1.29. The summed E-state index contributed by atoms with van der Waals surface area (Å²) in [5, 5.41) is 2.96. The molecule has 2 amide bonds. The third-order valence-electron chi connectivity index (χ3n) is 7.16. The number of anilines is 1. The van der Waals surface area contributed by atoms with E-state index in [1.165, 1.54) is 9.21 Å². The summed E-state index contributed by atoms with van der Waals surface area (Å²) in [6.45, 7) is 11.1. The van der Waals surface area contributed by atoms with Gasteiger partial charge in [-0.2, -0.15) is 0 Å². The molecule has 214 valence electrons. The second-order valence-corrected chi connectivity index (χ2v) is 12.3. The van der Waals surface area contributed by atoms with Crippen LogP contribution in [-0.4, -0.2) is 50.3 Å². The maximum atomic E-state index is 14.0. The number of rotatable bonds is 12. The van der Waals surface area contributed by atoms with Crippen LogP contribution in [0.5, 0.6) is 0 Å². The van der Waals surface area contributed by atoms with Gasteiger partial charge in [0.25, 0.3) is 10.0 Å². The molecule has 2 atom stereocenters. The van der Waals surface area contributed by atoms with Gasteiger partial charge < -0.3 is 10.2 Å². The number of nitrogens with one attached hydrogen (secondary N) is 1. The molecule has 0 spiro atoms. The van der Waals surface area contributed by atoms with E-state index < -0.39 is 28.5 Å². The van der Waals surface area contributed by atoms with Crippen molar-refractivity contribution in [2.45, 2.75) is 71.4 Å². The summed E-state index contributed by atoms with van der Waals surface area (Å²) in [6, 6.07) is 20.9. The van der Waals surface area contributed by atoms with E-state index in [1.807, 2.05) is 77.1 Å².